The summed E-state index contributed by atoms with van der Waals surface area (Å²) in [6.45, 7) is 4.05. The van der Waals surface area contributed by atoms with E-state index in [2.05, 4.69) is 5.32 Å². The first-order valence-electron chi connectivity index (χ1n) is 11.5. The zero-order chi connectivity index (χ0) is 21.3. The van der Waals surface area contributed by atoms with E-state index >= 15 is 0 Å². The Morgan fingerprint density at radius 1 is 1.07 bits per heavy atom. The highest BCUT2D eigenvalue weighted by Crippen LogP contribution is 2.29. The van der Waals surface area contributed by atoms with Gasteiger partial charge in [0.2, 0.25) is 11.8 Å². The number of carbonyl (C=O) groups is 2. The van der Waals surface area contributed by atoms with Crippen molar-refractivity contribution in [3.63, 3.8) is 0 Å². The molecule has 1 saturated heterocycles. The molecule has 0 spiro atoms. The fraction of sp³-hybridized carbons (Fsp3) is 0.667. The number of hydrogen-bond donors (Lipinski definition) is 1. The molecule has 6 nitrogen and oxygen atoms in total. The van der Waals surface area contributed by atoms with Crippen molar-refractivity contribution in [1.82, 2.24) is 10.2 Å². The van der Waals surface area contributed by atoms with Gasteiger partial charge in [0.1, 0.15) is 0 Å². The molecule has 1 saturated carbocycles. The van der Waals surface area contributed by atoms with E-state index in [-0.39, 0.29) is 17.9 Å². The Kier molecular flexibility index (Phi) is 8.40. The molecular weight excluding hydrogens is 380 g/mol. The molecule has 1 heterocycles. The van der Waals surface area contributed by atoms with Crippen molar-refractivity contribution in [2.75, 3.05) is 26.8 Å². The van der Waals surface area contributed by atoms with E-state index in [1.54, 1.807) is 7.11 Å². The SMILES string of the molecule is CCOc1ccc(CCC(=O)NC2CCN(C(=O)C3CCCCC3)CC2)cc1OC. The molecule has 30 heavy (non-hydrogen) atoms. The lowest BCUT2D eigenvalue weighted by Gasteiger charge is -2.35. The minimum Gasteiger partial charge on any atom is -0.493 e. The van der Waals surface area contributed by atoms with Crippen LogP contribution in [0.4, 0.5) is 0 Å². The van der Waals surface area contributed by atoms with E-state index in [4.69, 9.17) is 9.47 Å². The number of aryl methyl sites for hydroxylation is 1. The maximum atomic E-state index is 12.7. The fourth-order valence-electron chi connectivity index (χ4n) is 4.55. The average Bonchev–Trinajstić information content (AvgIpc) is 2.79. The highest BCUT2D eigenvalue weighted by molar-refractivity contribution is 5.79. The van der Waals surface area contributed by atoms with Crippen molar-refractivity contribution in [3.05, 3.63) is 23.8 Å². The van der Waals surface area contributed by atoms with Crippen molar-refractivity contribution in [2.45, 2.75) is 70.8 Å². The van der Waals surface area contributed by atoms with Gasteiger partial charge in [-0.3, -0.25) is 9.59 Å². The zero-order valence-corrected chi connectivity index (χ0v) is 18.5. The third-order valence-corrected chi connectivity index (χ3v) is 6.29. The summed E-state index contributed by atoms with van der Waals surface area (Å²) < 4.78 is 10.9. The van der Waals surface area contributed by atoms with Gasteiger partial charge in [-0.05, 0) is 56.7 Å². The molecule has 1 aliphatic carbocycles. The quantitative estimate of drug-likeness (QED) is 0.701. The molecule has 0 aromatic heterocycles. The minimum absolute atomic E-state index is 0.0694. The summed E-state index contributed by atoms with van der Waals surface area (Å²) in [5, 5.41) is 3.16. The Hall–Kier alpha value is -2.24. The first-order chi connectivity index (χ1) is 14.6. The van der Waals surface area contributed by atoms with Crippen molar-refractivity contribution in [2.24, 2.45) is 5.92 Å². The average molecular weight is 417 g/mol. The van der Waals surface area contributed by atoms with E-state index < -0.39 is 0 Å². The lowest BCUT2D eigenvalue weighted by molar-refractivity contribution is -0.137. The fourth-order valence-corrected chi connectivity index (χ4v) is 4.55. The molecule has 0 atom stereocenters. The van der Waals surface area contributed by atoms with Crippen LogP contribution >= 0.6 is 0 Å². The molecule has 0 unspecified atom stereocenters. The van der Waals surface area contributed by atoms with Crippen LogP contribution in [0, 0.1) is 5.92 Å². The van der Waals surface area contributed by atoms with Crippen LogP contribution in [0.5, 0.6) is 11.5 Å². The van der Waals surface area contributed by atoms with Gasteiger partial charge in [0, 0.05) is 31.5 Å². The highest BCUT2D eigenvalue weighted by Gasteiger charge is 2.29. The second-order valence-corrected chi connectivity index (χ2v) is 8.42. The number of nitrogens with one attached hydrogen (secondary N) is 1. The Morgan fingerprint density at radius 2 is 1.80 bits per heavy atom. The van der Waals surface area contributed by atoms with Crippen LogP contribution in [0.15, 0.2) is 18.2 Å². The van der Waals surface area contributed by atoms with Crippen LogP contribution in [0.25, 0.3) is 0 Å². The van der Waals surface area contributed by atoms with Crippen LogP contribution < -0.4 is 14.8 Å². The highest BCUT2D eigenvalue weighted by atomic mass is 16.5. The molecule has 1 aromatic carbocycles. The van der Waals surface area contributed by atoms with Crippen LogP contribution in [0.3, 0.4) is 0 Å². The molecule has 0 radical (unpaired) electrons. The number of piperidine rings is 1. The monoisotopic (exact) mass is 416 g/mol. The minimum atomic E-state index is 0.0694. The van der Waals surface area contributed by atoms with Gasteiger partial charge >= 0.3 is 0 Å². The predicted molar refractivity (Wildman–Crippen MR) is 117 cm³/mol. The van der Waals surface area contributed by atoms with Crippen LogP contribution in [-0.4, -0.2) is 49.6 Å². The van der Waals surface area contributed by atoms with Crippen molar-refractivity contribution in [1.29, 1.82) is 0 Å². The molecule has 2 amide bonds. The molecule has 1 aromatic rings. The number of nitrogens with zero attached hydrogens (tertiary/aromatic N) is 1. The summed E-state index contributed by atoms with van der Waals surface area (Å²) in [6, 6.07) is 5.99. The van der Waals surface area contributed by atoms with Gasteiger partial charge in [-0.2, -0.15) is 0 Å². The van der Waals surface area contributed by atoms with E-state index in [1.807, 2.05) is 30.0 Å². The summed E-state index contributed by atoms with van der Waals surface area (Å²) >= 11 is 0. The molecule has 0 bridgehead atoms. The first kappa shape index (κ1) is 22.4. The van der Waals surface area contributed by atoms with Crippen LogP contribution in [-0.2, 0) is 16.0 Å². The summed E-state index contributed by atoms with van der Waals surface area (Å²) in [7, 11) is 1.62. The smallest absolute Gasteiger partial charge is 0.225 e. The summed E-state index contributed by atoms with van der Waals surface area (Å²) in [5.74, 6) is 2.06. The lowest BCUT2D eigenvalue weighted by atomic mass is 9.87. The Labute approximate surface area is 180 Å². The topological polar surface area (TPSA) is 67.9 Å². The lowest BCUT2D eigenvalue weighted by Crippen LogP contribution is -2.48. The molecule has 6 heteroatoms. The summed E-state index contributed by atoms with van der Waals surface area (Å²) in [5.41, 5.74) is 1.05. The van der Waals surface area contributed by atoms with Crippen molar-refractivity contribution >= 4 is 11.8 Å². The van der Waals surface area contributed by atoms with E-state index in [9.17, 15) is 9.59 Å². The van der Waals surface area contributed by atoms with Gasteiger partial charge in [-0.15, -0.1) is 0 Å². The molecule has 2 aliphatic rings. The number of rotatable bonds is 8. The van der Waals surface area contributed by atoms with Crippen molar-refractivity contribution < 1.29 is 19.1 Å². The largest absolute Gasteiger partial charge is 0.493 e. The van der Waals surface area contributed by atoms with Crippen LogP contribution in [0.1, 0.15) is 63.9 Å². The molecule has 3 rings (SSSR count). The van der Waals surface area contributed by atoms with E-state index in [0.29, 0.717) is 31.1 Å². The number of methoxy groups -OCH3 is 1. The van der Waals surface area contributed by atoms with E-state index in [1.165, 1.54) is 19.3 Å². The molecule has 1 N–H and O–H groups in total. The van der Waals surface area contributed by atoms with Gasteiger partial charge in [0.25, 0.3) is 0 Å². The molecule has 1 aliphatic heterocycles. The third kappa shape index (κ3) is 6.13. The van der Waals surface area contributed by atoms with Gasteiger partial charge in [0.15, 0.2) is 11.5 Å². The predicted octanol–water partition coefficient (Wildman–Crippen LogP) is 3.71. The Morgan fingerprint density at radius 3 is 2.47 bits per heavy atom. The number of likely N-dealkylation sites (tertiary alicyclic amines) is 1. The zero-order valence-electron chi connectivity index (χ0n) is 18.5. The van der Waals surface area contributed by atoms with Crippen LogP contribution in [0.2, 0.25) is 0 Å². The second-order valence-electron chi connectivity index (χ2n) is 8.42. The number of benzene rings is 1. The molecular formula is C24H36N2O4. The summed E-state index contributed by atoms with van der Waals surface area (Å²) in [4.78, 5) is 27.1. The normalized spacial score (nSPS) is 18.1. The number of ether oxygens (including phenoxy) is 2. The van der Waals surface area contributed by atoms with Gasteiger partial charge in [-0.25, -0.2) is 0 Å². The number of amides is 2. The molecule has 2 fully saturated rings. The number of carbonyl (C=O) groups excluding carboxylic acids is 2. The summed E-state index contributed by atoms with van der Waals surface area (Å²) in [6.07, 6.45) is 8.53. The maximum Gasteiger partial charge on any atom is 0.225 e. The number of hydrogen-bond acceptors (Lipinski definition) is 4. The third-order valence-electron chi connectivity index (χ3n) is 6.29. The second kappa shape index (κ2) is 11.2. The Balaban J connectivity index is 1.40. The van der Waals surface area contributed by atoms with E-state index in [0.717, 1.165) is 50.1 Å². The molecule has 166 valence electrons. The van der Waals surface area contributed by atoms with Gasteiger partial charge < -0.3 is 19.7 Å². The van der Waals surface area contributed by atoms with Crippen molar-refractivity contribution in [3.8, 4) is 11.5 Å². The van der Waals surface area contributed by atoms with Gasteiger partial charge in [0.05, 0.1) is 13.7 Å². The first-order valence-corrected chi connectivity index (χ1v) is 11.5. The van der Waals surface area contributed by atoms with Gasteiger partial charge in [-0.1, -0.05) is 25.3 Å². The Bertz CT molecular complexity index is 707. The maximum absolute atomic E-state index is 12.7. The standard InChI is InChI=1S/C24H36N2O4/c1-3-30-21-11-9-18(17-22(21)29-2)10-12-23(27)25-20-13-15-26(16-14-20)24(28)19-7-5-4-6-8-19/h9,11,17,19-20H,3-8,10,12-16H2,1-2H3,(H,25,27).